The molecule has 3 nitrogen and oxygen atoms in total. The maximum Gasteiger partial charge on any atom is 0.417 e. The van der Waals surface area contributed by atoms with E-state index in [0.717, 1.165) is 22.3 Å². The van der Waals surface area contributed by atoms with Gasteiger partial charge in [-0.3, -0.25) is 0 Å². The van der Waals surface area contributed by atoms with Crippen LogP contribution in [0.1, 0.15) is 11.3 Å². The lowest BCUT2D eigenvalue weighted by molar-refractivity contribution is -0.137. The summed E-state index contributed by atoms with van der Waals surface area (Å²) in [4.78, 5) is 4.37. The van der Waals surface area contributed by atoms with Crippen LogP contribution >= 0.6 is 27.5 Å². The van der Waals surface area contributed by atoms with Crippen molar-refractivity contribution in [3.05, 3.63) is 57.3 Å². The number of nitrogens with zero attached hydrogens (tertiary/aromatic N) is 2. The summed E-state index contributed by atoms with van der Waals surface area (Å²) in [5, 5.41) is -0.0714. The van der Waals surface area contributed by atoms with Crippen LogP contribution in [-0.2, 0) is 12.7 Å². The molecule has 23 heavy (non-hydrogen) atoms. The summed E-state index contributed by atoms with van der Waals surface area (Å²) in [6, 6.07) is 8.13. The van der Waals surface area contributed by atoms with Crippen LogP contribution in [-0.4, -0.2) is 9.38 Å². The predicted octanol–water partition coefficient (Wildman–Crippen LogP) is 4.89. The third-order valence-electron chi connectivity index (χ3n) is 3.41. The molecular formula is C15H10BrClF3N3. The van der Waals surface area contributed by atoms with Crippen molar-refractivity contribution in [2.24, 2.45) is 5.73 Å². The highest BCUT2D eigenvalue weighted by Crippen LogP contribution is 2.34. The summed E-state index contributed by atoms with van der Waals surface area (Å²) >= 11 is 9.33. The van der Waals surface area contributed by atoms with Gasteiger partial charge in [0.05, 0.1) is 22.0 Å². The summed E-state index contributed by atoms with van der Waals surface area (Å²) in [5.41, 5.74) is 6.88. The number of benzene rings is 1. The standard InChI is InChI=1S/C15H10BrClF3N3/c16-10-3-1-8(2-4-10)13-12(6-21)23-7-9(15(18,19)20)5-11(17)14(23)22-13/h1-5,7H,6,21H2. The molecule has 0 radical (unpaired) electrons. The van der Waals surface area contributed by atoms with Crippen LogP contribution in [0.25, 0.3) is 16.9 Å². The number of halogens is 5. The minimum absolute atomic E-state index is 0.0319. The van der Waals surface area contributed by atoms with E-state index in [1.807, 2.05) is 24.3 Å². The van der Waals surface area contributed by atoms with Crippen molar-refractivity contribution in [3.8, 4) is 11.3 Å². The first-order valence-electron chi connectivity index (χ1n) is 6.55. The van der Waals surface area contributed by atoms with Gasteiger partial charge in [-0.15, -0.1) is 0 Å². The maximum absolute atomic E-state index is 13.0. The van der Waals surface area contributed by atoms with E-state index < -0.39 is 11.7 Å². The number of fused-ring (bicyclic) bond motifs is 1. The molecule has 0 atom stereocenters. The van der Waals surface area contributed by atoms with Gasteiger partial charge in [-0.2, -0.15) is 13.2 Å². The molecule has 0 aliphatic heterocycles. The number of hydrogen-bond acceptors (Lipinski definition) is 2. The van der Waals surface area contributed by atoms with Crippen molar-refractivity contribution in [2.45, 2.75) is 12.7 Å². The van der Waals surface area contributed by atoms with E-state index in [1.54, 1.807) is 0 Å². The number of nitrogens with two attached hydrogens (primary N) is 1. The van der Waals surface area contributed by atoms with Crippen LogP contribution in [0.4, 0.5) is 13.2 Å². The van der Waals surface area contributed by atoms with E-state index in [2.05, 4.69) is 20.9 Å². The Labute approximate surface area is 143 Å². The van der Waals surface area contributed by atoms with Gasteiger partial charge in [0, 0.05) is 22.8 Å². The largest absolute Gasteiger partial charge is 0.417 e. The zero-order valence-electron chi connectivity index (χ0n) is 11.5. The van der Waals surface area contributed by atoms with Crippen molar-refractivity contribution in [2.75, 3.05) is 0 Å². The number of alkyl halides is 3. The second-order valence-corrected chi connectivity index (χ2v) is 6.21. The summed E-state index contributed by atoms with van der Waals surface area (Å²) < 4.78 is 41.1. The van der Waals surface area contributed by atoms with Gasteiger partial charge in [0.1, 0.15) is 0 Å². The van der Waals surface area contributed by atoms with E-state index in [1.165, 1.54) is 4.40 Å². The molecule has 0 unspecified atom stereocenters. The molecule has 2 aromatic heterocycles. The Morgan fingerprint density at radius 2 is 1.87 bits per heavy atom. The van der Waals surface area contributed by atoms with Crippen LogP contribution in [0.3, 0.4) is 0 Å². The molecule has 2 heterocycles. The molecule has 0 spiro atoms. The summed E-state index contributed by atoms with van der Waals surface area (Å²) in [7, 11) is 0. The highest BCUT2D eigenvalue weighted by molar-refractivity contribution is 9.10. The summed E-state index contributed by atoms with van der Waals surface area (Å²) in [6.07, 6.45) is -3.52. The first-order chi connectivity index (χ1) is 10.8. The molecule has 0 amide bonds. The van der Waals surface area contributed by atoms with Crippen molar-refractivity contribution in [1.29, 1.82) is 0 Å². The van der Waals surface area contributed by atoms with E-state index in [-0.39, 0.29) is 17.2 Å². The molecule has 120 valence electrons. The number of aromatic nitrogens is 2. The lowest BCUT2D eigenvalue weighted by Crippen LogP contribution is -2.09. The third kappa shape index (κ3) is 2.96. The minimum Gasteiger partial charge on any atom is -0.325 e. The van der Waals surface area contributed by atoms with Gasteiger partial charge in [0.15, 0.2) is 5.65 Å². The predicted molar refractivity (Wildman–Crippen MR) is 86.2 cm³/mol. The molecule has 0 fully saturated rings. The maximum atomic E-state index is 13.0. The fraction of sp³-hybridized carbons (Fsp3) is 0.133. The van der Waals surface area contributed by atoms with Crippen LogP contribution < -0.4 is 5.73 Å². The Hall–Kier alpha value is -1.57. The molecule has 8 heteroatoms. The molecular weight excluding hydrogens is 395 g/mol. The first-order valence-corrected chi connectivity index (χ1v) is 7.72. The first kappa shape index (κ1) is 16.3. The number of imidazole rings is 1. The van der Waals surface area contributed by atoms with E-state index in [0.29, 0.717) is 11.4 Å². The van der Waals surface area contributed by atoms with Crippen LogP contribution in [0, 0.1) is 0 Å². The van der Waals surface area contributed by atoms with Crippen LogP contribution in [0.2, 0.25) is 5.02 Å². The Morgan fingerprint density at radius 1 is 1.22 bits per heavy atom. The van der Waals surface area contributed by atoms with Gasteiger partial charge in [0.2, 0.25) is 0 Å². The van der Waals surface area contributed by atoms with Crippen molar-refractivity contribution in [1.82, 2.24) is 9.38 Å². The third-order valence-corrected chi connectivity index (χ3v) is 4.22. The van der Waals surface area contributed by atoms with Gasteiger partial charge in [0.25, 0.3) is 0 Å². The van der Waals surface area contributed by atoms with Crippen molar-refractivity contribution in [3.63, 3.8) is 0 Å². The normalized spacial score (nSPS) is 12.1. The monoisotopic (exact) mass is 403 g/mol. The second kappa shape index (κ2) is 5.81. The SMILES string of the molecule is NCc1c(-c2ccc(Br)cc2)nc2c(Cl)cc(C(F)(F)F)cn12. The van der Waals surface area contributed by atoms with E-state index in [4.69, 9.17) is 17.3 Å². The fourth-order valence-corrected chi connectivity index (χ4v) is 2.86. The van der Waals surface area contributed by atoms with Crippen molar-refractivity contribution >= 4 is 33.2 Å². The summed E-state index contributed by atoms with van der Waals surface area (Å²) in [5.74, 6) is 0. The summed E-state index contributed by atoms with van der Waals surface area (Å²) in [6.45, 7) is 0.0319. The second-order valence-electron chi connectivity index (χ2n) is 4.89. The van der Waals surface area contributed by atoms with Gasteiger partial charge >= 0.3 is 6.18 Å². The average Bonchev–Trinajstić information content (AvgIpc) is 2.86. The molecule has 0 saturated carbocycles. The Morgan fingerprint density at radius 3 is 2.43 bits per heavy atom. The zero-order valence-corrected chi connectivity index (χ0v) is 13.9. The molecule has 1 aromatic carbocycles. The number of pyridine rings is 1. The van der Waals surface area contributed by atoms with Crippen LogP contribution in [0.5, 0.6) is 0 Å². The lowest BCUT2D eigenvalue weighted by Gasteiger charge is -2.09. The highest BCUT2D eigenvalue weighted by Gasteiger charge is 2.32. The number of rotatable bonds is 2. The molecule has 0 saturated heterocycles. The Kier molecular flexibility index (Phi) is 4.12. The average molecular weight is 405 g/mol. The quantitative estimate of drug-likeness (QED) is 0.660. The van der Waals surface area contributed by atoms with Gasteiger partial charge in [-0.05, 0) is 18.2 Å². The van der Waals surface area contributed by atoms with E-state index >= 15 is 0 Å². The van der Waals surface area contributed by atoms with Gasteiger partial charge in [-0.25, -0.2) is 4.98 Å². The molecule has 3 rings (SSSR count). The topological polar surface area (TPSA) is 43.3 Å². The highest BCUT2D eigenvalue weighted by atomic mass is 79.9. The van der Waals surface area contributed by atoms with Crippen LogP contribution in [0.15, 0.2) is 41.0 Å². The smallest absolute Gasteiger partial charge is 0.325 e. The molecule has 0 bridgehead atoms. The van der Waals surface area contributed by atoms with Crippen molar-refractivity contribution < 1.29 is 13.2 Å². The minimum atomic E-state index is -4.49. The number of hydrogen-bond donors (Lipinski definition) is 1. The lowest BCUT2D eigenvalue weighted by atomic mass is 10.1. The molecule has 0 aliphatic rings. The van der Waals surface area contributed by atoms with Gasteiger partial charge < -0.3 is 10.1 Å². The fourth-order valence-electron chi connectivity index (χ4n) is 2.34. The molecule has 0 aliphatic carbocycles. The molecule has 3 aromatic rings. The Bertz CT molecular complexity index is 872. The Balaban J connectivity index is 2.29. The van der Waals surface area contributed by atoms with Gasteiger partial charge in [-0.1, -0.05) is 39.7 Å². The van der Waals surface area contributed by atoms with E-state index in [9.17, 15) is 13.2 Å². The molecule has 2 N–H and O–H groups in total. The zero-order chi connectivity index (χ0) is 16.8.